The summed E-state index contributed by atoms with van der Waals surface area (Å²) in [5, 5.41) is 3.28. The van der Waals surface area contributed by atoms with Gasteiger partial charge in [-0.2, -0.15) is 0 Å². The van der Waals surface area contributed by atoms with Crippen molar-refractivity contribution in [1.29, 1.82) is 0 Å². The van der Waals surface area contributed by atoms with Gasteiger partial charge in [-0.3, -0.25) is 4.90 Å². The summed E-state index contributed by atoms with van der Waals surface area (Å²) in [6.07, 6.45) is 1.25. The van der Waals surface area contributed by atoms with Crippen molar-refractivity contribution >= 4 is 0 Å². The predicted molar refractivity (Wildman–Crippen MR) is 60.1 cm³/mol. The lowest BCUT2D eigenvalue weighted by Crippen LogP contribution is -2.45. The Kier molecular flexibility index (Phi) is 7.29. The fourth-order valence-electron chi connectivity index (χ4n) is 1.84. The van der Waals surface area contributed by atoms with E-state index < -0.39 is 0 Å². The Labute approximate surface area is 83.7 Å². The molecule has 1 unspecified atom stereocenters. The molecule has 80 valence electrons. The van der Waals surface area contributed by atoms with E-state index in [-0.39, 0.29) is 0 Å². The van der Waals surface area contributed by atoms with Crippen LogP contribution in [0.4, 0.5) is 0 Å². The third kappa shape index (κ3) is 4.63. The van der Waals surface area contributed by atoms with Gasteiger partial charge in [-0.25, -0.2) is 0 Å². The lowest BCUT2D eigenvalue weighted by molar-refractivity contribution is 0.161. The Morgan fingerprint density at radius 2 is 1.85 bits per heavy atom. The lowest BCUT2D eigenvalue weighted by Gasteiger charge is -2.33. The molecule has 0 fully saturated rings. The highest BCUT2D eigenvalue weighted by molar-refractivity contribution is 4.75. The van der Waals surface area contributed by atoms with Crippen LogP contribution in [0.3, 0.4) is 0 Å². The van der Waals surface area contributed by atoms with Crippen molar-refractivity contribution in [2.75, 3.05) is 26.7 Å². The zero-order valence-corrected chi connectivity index (χ0v) is 9.93. The number of nitrogens with zero attached hydrogens (tertiary/aromatic N) is 1. The largest absolute Gasteiger partial charge is 0.318 e. The van der Waals surface area contributed by atoms with Crippen LogP contribution in [0, 0.1) is 5.92 Å². The van der Waals surface area contributed by atoms with Gasteiger partial charge in [0.25, 0.3) is 0 Å². The fraction of sp³-hybridized carbons (Fsp3) is 1.00. The van der Waals surface area contributed by atoms with Crippen LogP contribution in [-0.4, -0.2) is 37.6 Å². The third-order valence-electron chi connectivity index (χ3n) is 2.57. The third-order valence-corrected chi connectivity index (χ3v) is 2.57. The molecule has 2 heteroatoms. The molecule has 0 aromatic carbocycles. The van der Waals surface area contributed by atoms with E-state index in [1.807, 2.05) is 7.05 Å². The molecule has 0 rings (SSSR count). The molecule has 0 aliphatic rings. The molecular weight excluding hydrogens is 160 g/mol. The highest BCUT2D eigenvalue weighted by Gasteiger charge is 2.18. The predicted octanol–water partition coefficient (Wildman–Crippen LogP) is 1.96. The molecule has 1 N–H and O–H groups in total. The van der Waals surface area contributed by atoms with Crippen molar-refractivity contribution in [3.05, 3.63) is 0 Å². The Morgan fingerprint density at radius 1 is 1.23 bits per heavy atom. The zero-order chi connectivity index (χ0) is 10.3. The first-order valence-electron chi connectivity index (χ1n) is 5.55. The maximum Gasteiger partial charge on any atom is 0.0243 e. The second kappa shape index (κ2) is 7.34. The molecular formula is C11H26N2. The standard InChI is InChI=1S/C11H26N2/c1-6-8-13(7-2)11(9-12-5)10(3)4/h10-12H,6-9H2,1-5H3. The molecule has 1 atom stereocenters. The minimum Gasteiger partial charge on any atom is -0.318 e. The van der Waals surface area contributed by atoms with Gasteiger partial charge in [-0.1, -0.05) is 27.7 Å². The van der Waals surface area contributed by atoms with Crippen LogP contribution in [0.2, 0.25) is 0 Å². The van der Waals surface area contributed by atoms with E-state index in [4.69, 9.17) is 0 Å². The van der Waals surface area contributed by atoms with Crippen LogP contribution in [-0.2, 0) is 0 Å². The average Bonchev–Trinajstić information content (AvgIpc) is 2.10. The van der Waals surface area contributed by atoms with Gasteiger partial charge in [0.2, 0.25) is 0 Å². The van der Waals surface area contributed by atoms with Crippen LogP contribution in [0.15, 0.2) is 0 Å². The molecule has 0 aliphatic heterocycles. The van der Waals surface area contributed by atoms with Gasteiger partial charge in [-0.15, -0.1) is 0 Å². The quantitative estimate of drug-likeness (QED) is 0.654. The summed E-state index contributed by atoms with van der Waals surface area (Å²) in [4.78, 5) is 2.57. The van der Waals surface area contributed by atoms with Gasteiger partial charge in [0.1, 0.15) is 0 Å². The number of rotatable bonds is 7. The Balaban J connectivity index is 4.11. The first-order chi connectivity index (χ1) is 6.17. The first-order valence-corrected chi connectivity index (χ1v) is 5.55. The smallest absolute Gasteiger partial charge is 0.0243 e. The minimum absolute atomic E-state index is 0.690. The number of nitrogens with one attached hydrogen (secondary N) is 1. The highest BCUT2D eigenvalue weighted by Crippen LogP contribution is 2.10. The number of hydrogen-bond donors (Lipinski definition) is 1. The van der Waals surface area contributed by atoms with Gasteiger partial charge >= 0.3 is 0 Å². The Morgan fingerprint density at radius 3 is 2.15 bits per heavy atom. The maximum atomic E-state index is 3.28. The average molecular weight is 186 g/mol. The van der Waals surface area contributed by atoms with Gasteiger partial charge < -0.3 is 5.32 Å². The molecule has 0 amide bonds. The highest BCUT2D eigenvalue weighted by atomic mass is 15.2. The van der Waals surface area contributed by atoms with Crippen LogP contribution >= 0.6 is 0 Å². The summed E-state index contributed by atoms with van der Waals surface area (Å²) in [6.45, 7) is 12.6. The summed E-state index contributed by atoms with van der Waals surface area (Å²) >= 11 is 0. The lowest BCUT2D eigenvalue weighted by atomic mass is 10.0. The molecule has 2 nitrogen and oxygen atoms in total. The fourth-order valence-corrected chi connectivity index (χ4v) is 1.84. The molecule has 0 radical (unpaired) electrons. The Hall–Kier alpha value is -0.0800. The summed E-state index contributed by atoms with van der Waals surface area (Å²) < 4.78 is 0. The van der Waals surface area contributed by atoms with Crippen molar-refractivity contribution in [3.63, 3.8) is 0 Å². The summed E-state index contributed by atoms with van der Waals surface area (Å²) in [6, 6.07) is 0.690. The maximum absolute atomic E-state index is 3.28. The summed E-state index contributed by atoms with van der Waals surface area (Å²) in [7, 11) is 2.04. The number of hydrogen-bond acceptors (Lipinski definition) is 2. The molecule has 0 saturated heterocycles. The van der Waals surface area contributed by atoms with Crippen molar-refractivity contribution < 1.29 is 0 Å². The van der Waals surface area contributed by atoms with Crippen molar-refractivity contribution in [3.8, 4) is 0 Å². The minimum atomic E-state index is 0.690. The number of likely N-dealkylation sites (N-methyl/N-ethyl adjacent to an activating group) is 2. The topological polar surface area (TPSA) is 15.3 Å². The van der Waals surface area contributed by atoms with Crippen molar-refractivity contribution in [2.45, 2.75) is 40.2 Å². The second-order valence-corrected chi connectivity index (χ2v) is 4.00. The van der Waals surface area contributed by atoms with E-state index in [9.17, 15) is 0 Å². The van der Waals surface area contributed by atoms with E-state index in [0.717, 1.165) is 12.5 Å². The molecule has 0 heterocycles. The summed E-state index contributed by atoms with van der Waals surface area (Å²) in [5.74, 6) is 0.735. The van der Waals surface area contributed by atoms with E-state index in [2.05, 4.69) is 37.9 Å². The van der Waals surface area contributed by atoms with Crippen LogP contribution in [0.1, 0.15) is 34.1 Å². The van der Waals surface area contributed by atoms with Crippen molar-refractivity contribution in [1.82, 2.24) is 10.2 Å². The molecule has 0 spiro atoms. The molecule has 0 bridgehead atoms. The monoisotopic (exact) mass is 186 g/mol. The SMILES string of the molecule is CCCN(CC)C(CNC)C(C)C. The molecule has 0 aliphatic carbocycles. The zero-order valence-electron chi connectivity index (χ0n) is 9.93. The van der Waals surface area contributed by atoms with E-state index in [1.54, 1.807) is 0 Å². The first kappa shape index (κ1) is 12.9. The van der Waals surface area contributed by atoms with Gasteiger partial charge in [0.05, 0.1) is 0 Å². The van der Waals surface area contributed by atoms with Crippen LogP contribution < -0.4 is 5.32 Å². The van der Waals surface area contributed by atoms with E-state index in [1.165, 1.54) is 19.5 Å². The Bertz CT molecular complexity index is 113. The normalized spacial score (nSPS) is 14.1. The molecule has 0 aromatic rings. The van der Waals surface area contributed by atoms with Crippen LogP contribution in [0.5, 0.6) is 0 Å². The molecule has 0 saturated carbocycles. The van der Waals surface area contributed by atoms with Crippen LogP contribution in [0.25, 0.3) is 0 Å². The van der Waals surface area contributed by atoms with Gasteiger partial charge in [0, 0.05) is 12.6 Å². The molecule has 0 aromatic heterocycles. The van der Waals surface area contributed by atoms with Crippen molar-refractivity contribution in [2.24, 2.45) is 5.92 Å². The van der Waals surface area contributed by atoms with E-state index >= 15 is 0 Å². The second-order valence-electron chi connectivity index (χ2n) is 4.00. The van der Waals surface area contributed by atoms with E-state index in [0.29, 0.717) is 6.04 Å². The molecule has 13 heavy (non-hydrogen) atoms. The summed E-state index contributed by atoms with van der Waals surface area (Å²) in [5.41, 5.74) is 0. The van der Waals surface area contributed by atoms with Gasteiger partial charge in [-0.05, 0) is 32.5 Å². The van der Waals surface area contributed by atoms with Gasteiger partial charge in [0.15, 0.2) is 0 Å².